The van der Waals surface area contributed by atoms with Gasteiger partial charge in [-0.15, -0.1) is 0 Å². The molecule has 4 heteroatoms. The minimum absolute atomic E-state index is 0.0325. The van der Waals surface area contributed by atoms with Crippen LogP contribution in [0, 0.1) is 6.92 Å². The summed E-state index contributed by atoms with van der Waals surface area (Å²) in [4.78, 5) is 4.45. The van der Waals surface area contributed by atoms with E-state index in [9.17, 15) is 0 Å². The highest BCUT2D eigenvalue weighted by Gasteiger charge is 2.09. The van der Waals surface area contributed by atoms with E-state index >= 15 is 0 Å². The van der Waals surface area contributed by atoms with Crippen molar-refractivity contribution in [3.8, 4) is 5.75 Å². The standard InChI is InChI=1S/C12H20N2O2/c1-9-5-6-12(11(14-9)7-13-3)16-10(2)8-15-4/h5-6,10,13H,7-8H2,1-4H3. The molecule has 1 aromatic heterocycles. The van der Waals surface area contributed by atoms with Gasteiger partial charge in [0.25, 0.3) is 0 Å². The fourth-order valence-corrected chi connectivity index (χ4v) is 1.48. The van der Waals surface area contributed by atoms with Crippen LogP contribution in [0.15, 0.2) is 12.1 Å². The molecule has 1 aromatic rings. The van der Waals surface area contributed by atoms with E-state index in [0.29, 0.717) is 13.2 Å². The summed E-state index contributed by atoms with van der Waals surface area (Å²) in [5, 5.41) is 3.08. The topological polar surface area (TPSA) is 43.4 Å². The van der Waals surface area contributed by atoms with Crippen LogP contribution >= 0.6 is 0 Å². The predicted octanol–water partition coefficient (Wildman–Crippen LogP) is 1.52. The minimum Gasteiger partial charge on any atom is -0.486 e. The van der Waals surface area contributed by atoms with Gasteiger partial charge in [-0.3, -0.25) is 4.98 Å². The maximum absolute atomic E-state index is 5.77. The van der Waals surface area contributed by atoms with Crippen molar-refractivity contribution in [2.75, 3.05) is 20.8 Å². The molecule has 4 nitrogen and oxygen atoms in total. The number of hydrogen-bond acceptors (Lipinski definition) is 4. The van der Waals surface area contributed by atoms with Gasteiger partial charge in [-0.1, -0.05) is 0 Å². The lowest BCUT2D eigenvalue weighted by Gasteiger charge is -2.16. The Kier molecular flexibility index (Phi) is 5.22. The van der Waals surface area contributed by atoms with Crippen molar-refractivity contribution in [2.24, 2.45) is 0 Å². The van der Waals surface area contributed by atoms with Gasteiger partial charge in [0.15, 0.2) is 0 Å². The molecular formula is C12H20N2O2. The maximum atomic E-state index is 5.77. The monoisotopic (exact) mass is 224 g/mol. The molecule has 1 N–H and O–H groups in total. The van der Waals surface area contributed by atoms with Crippen molar-refractivity contribution in [2.45, 2.75) is 26.5 Å². The minimum atomic E-state index is 0.0325. The molecular weight excluding hydrogens is 204 g/mol. The summed E-state index contributed by atoms with van der Waals surface area (Å²) in [6.07, 6.45) is 0.0325. The molecule has 1 atom stereocenters. The number of aryl methyl sites for hydroxylation is 1. The molecule has 0 spiro atoms. The number of pyridine rings is 1. The number of methoxy groups -OCH3 is 1. The van der Waals surface area contributed by atoms with Crippen LogP contribution in [-0.4, -0.2) is 31.9 Å². The van der Waals surface area contributed by atoms with Crippen LogP contribution < -0.4 is 10.1 Å². The molecule has 1 unspecified atom stereocenters. The Bertz CT molecular complexity index is 329. The van der Waals surface area contributed by atoms with Gasteiger partial charge in [0.05, 0.1) is 12.3 Å². The Balaban J connectivity index is 2.77. The van der Waals surface area contributed by atoms with E-state index in [1.807, 2.05) is 33.0 Å². The van der Waals surface area contributed by atoms with E-state index < -0.39 is 0 Å². The summed E-state index contributed by atoms with van der Waals surface area (Å²) < 4.78 is 10.8. The molecule has 0 aliphatic heterocycles. The number of hydrogen-bond donors (Lipinski definition) is 1. The third-order valence-electron chi connectivity index (χ3n) is 2.15. The molecule has 0 aromatic carbocycles. The first-order valence-corrected chi connectivity index (χ1v) is 5.44. The average molecular weight is 224 g/mol. The lowest BCUT2D eigenvalue weighted by molar-refractivity contribution is 0.0910. The third-order valence-corrected chi connectivity index (χ3v) is 2.15. The summed E-state index contributed by atoms with van der Waals surface area (Å²) in [6.45, 7) is 5.23. The predicted molar refractivity (Wildman–Crippen MR) is 63.7 cm³/mol. The Morgan fingerprint density at radius 1 is 1.44 bits per heavy atom. The Hall–Kier alpha value is -1.13. The van der Waals surface area contributed by atoms with E-state index in [4.69, 9.17) is 9.47 Å². The molecule has 0 saturated carbocycles. The van der Waals surface area contributed by atoms with Crippen molar-refractivity contribution >= 4 is 0 Å². The number of nitrogens with zero attached hydrogens (tertiary/aromatic N) is 1. The zero-order valence-corrected chi connectivity index (χ0v) is 10.4. The molecule has 0 fully saturated rings. The van der Waals surface area contributed by atoms with Crippen LogP contribution in [0.5, 0.6) is 5.75 Å². The maximum Gasteiger partial charge on any atom is 0.142 e. The molecule has 0 radical (unpaired) electrons. The summed E-state index contributed by atoms with van der Waals surface area (Å²) >= 11 is 0. The third kappa shape index (κ3) is 3.79. The van der Waals surface area contributed by atoms with Crippen LogP contribution in [0.4, 0.5) is 0 Å². The smallest absolute Gasteiger partial charge is 0.142 e. The van der Waals surface area contributed by atoms with E-state index in [1.165, 1.54) is 0 Å². The van der Waals surface area contributed by atoms with Gasteiger partial charge in [0.1, 0.15) is 11.9 Å². The molecule has 1 heterocycles. The van der Waals surface area contributed by atoms with Gasteiger partial charge < -0.3 is 14.8 Å². The van der Waals surface area contributed by atoms with Crippen LogP contribution in [0.2, 0.25) is 0 Å². The van der Waals surface area contributed by atoms with Gasteiger partial charge in [-0.05, 0) is 33.0 Å². The fraction of sp³-hybridized carbons (Fsp3) is 0.583. The Labute approximate surface area is 97.0 Å². The zero-order chi connectivity index (χ0) is 12.0. The van der Waals surface area contributed by atoms with Crippen LogP contribution in [0.1, 0.15) is 18.3 Å². The highest BCUT2D eigenvalue weighted by molar-refractivity contribution is 5.29. The first kappa shape index (κ1) is 12.9. The van der Waals surface area contributed by atoms with Gasteiger partial charge in [0, 0.05) is 19.3 Å². The molecule has 0 amide bonds. The summed E-state index contributed by atoms with van der Waals surface area (Å²) in [5.41, 5.74) is 1.93. The van der Waals surface area contributed by atoms with Crippen LogP contribution in [0.25, 0.3) is 0 Å². The first-order valence-electron chi connectivity index (χ1n) is 5.44. The molecule has 0 bridgehead atoms. The second-order valence-electron chi connectivity index (χ2n) is 3.81. The first-order chi connectivity index (χ1) is 7.67. The lowest BCUT2D eigenvalue weighted by Crippen LogP contribution is -2.20. The largest absolute Gasteiger partial charge is 0.486 e. The number of rotatable bonds is 6. The zero-order valence-electron chi connectivity index (χ0n) is 10.4. The van der Waals surface area contributed by atoms with E-state index in [1.54, 1.807) is 7.11 Å². The quantitative estimate of drug-likeness (QED) is 0.795. The van der Waals surface area contributed by atoms with E-state index in [0.717, 1.165) is 17.1 Å². The molecule has 0 aliphatic rings. The number of aromatic nitrogens is 1. The molecule has 90 valence electrons. The normalized spacial score (nSPS) is 12.5. The van der Waals surface area contributed by atoms with Crippen LogP contribution in [-0.2, 0) is 11.3 Å². The van der Waals surface area contributed by atoms with Gasteiger partial charge in [-0.2, -0.15) is 0 Å². The fourth-order valence-electron chi connectivity index (χ4n) is 1.48. The Morgan fingerprint density at radius 2 is 2.19 bits per heavy atom. The summed E-state index contributed by atoms with van der Waals surface area (Å²) in [7, 11) is 3.56. The molecule has 16 heavy (non-hydrogen) atoms. The van der Waals surface area contributed by atoms with Crippen molar-refractivity contribution in [3.05, 3.63) is 23.5 Å². The lowest BCUT2D eigenvalue weighted by atomic mass is 10.2. The number of nitrogens with one attached hydrogen (secondary N) is 1. The number of ether oxygens (including phenoxy) is 2. The van der Waals surface area contributed by atoms with Crippen molar-refractivity contribution < 1.29 is 9.47 Å². The molecule has 0 saturated heterocycles. The molecule has 0 aliphatic carbocycles. The van der Waals surface area contributed by atoms with Crippen molar-refractivity contribution in [3.63, 3.8) is 0 Å². The van der Waals surface area contributed by atoms with Crippen LogP contribution in [0.3, 0.4) is 0 Å². The summed E-state index contributed by atoms with van der Waals surface area (Å²) in [5.74, 6) is 0.824. The van der Waals surface area contributed by atoms with Gasteiger partial charge in [0.2, 0.25) is 0 Å². The highest BCUT2D eigenvalue weighted by Crippen LogP contribution is 2.18. The second-order valence-corrected chi connectivity index (χ2v) is 3.81. The van der Waals surface area contributed by atoms with Gasteiger partial charge in [-0.25, -0.2) is 0 Å². The second kappa shape index (κ2) is 6.45. The van der Waals surface area contributed by atoms with E-state index in [2.05, 4.69) is 10.3 Å². The average Bonchev–Trinajstić information content (AvgIpc) is 2.23. The highest BCUT2D eigenvalue weighted by atomic mass is 16.5. The van der Waals surface area contributed by atoms with Gasteiger partial charge >= 0.3 is 0 Å². The van der Waals surface area contributed by atoms with Crippen molar-refractivity contribution in [1.82, 2.24) is 10.3 Å². The van der Waals surface area contributed by atoms with Crippen molar-refractivity contribution in [1.29, 1.82) is 0 Å². The summed E-state index contributed by atoms with van der Waals surface area (Å²) in [6, 6.07) is 3.91. The van der Waals surface area contributed by atoms with E-state index in [-0.39, 0.29) is 6.10 Å². The SMILES string of the molecule is CNCc1nc(C)ccc1OC(C)COC. The molecule has 1 rings (SSSR count). The Morgan fingerprint density at radius 3 is 2.81 bits per heavy atom.